The van der Waals surface area contributed by atoms with Crippen LogP contribution in [-0.4, -0.2) is 17.0 Å². The van der Waals surface area contributed by atoms with E-state index >= 15 is 0 Å². The molecule has 0 aliphatic heterocycles. The molecule has 1 aliphatic carbocycles. The molecule has 0 radical (unpaired) electrons. The molecule has 0 bridgehead atoms. The molecule has 0 unspecified atom stereocenters. The van der Waals surface area contributed by atoms with E-state index in [1.807, 2.05) is 32.0 Å². The fraction of sp³-hybridized carbons (Fsp3) is 0.529. The van der Waals surface area contributed by atoms with Crippen molar-refractivity contribution < 1.29 is 14.7 Å². The van der Waals surface area contributed by atoms with E-state index in [9.17, 15) is 9.59 Å². The molecule has 1 saturated carbocycles. The smallest absolute Gasteiger partial charge is 0.303 e. The highest BCUT2D eigenvalue weighted by atomic mass is 16.4. The van der Waals surface area contributed by atoms with Gasteiger partial charge in [-0.2, -0.15) is 0 Å². The minimum atomic E-state index is -0.809. The van der Waals surface area contributed by atoms with E-state index in [1.54, 1.807) is 0 Å². The summed E-state index contributed by atoms with van der Waals surface area (Å²) >= 11 is 0. The van der Waals surface area contributed by atoms with Gasteiger partial charge in [0.05, 0.1) is 6.42 Å². The first-order valence-corrected chi connectivity index (χ1v) is 7.49. The summed E-state index contributed by atoms with van der Waals surface area (Å²) in [6.45, 7) is 3.94. The molecule has 0 spiro atoms. The molecule has 0 saturated heterocycles. The molecule has 1 aromatic rings. The van der Waals surface area contributed by atoms with Gasteiger partial charge in [0, 0.05) is 12.1 Å². The van der Waals surface area contributed by atoms with Crippen molar-refractivity contribution in [2.75, 3.05) is 5.32 Å². The Morgan fingerprint density at radius 1 is 1.19 bits per heavy atom. The third-order valence-electron chi connectivity index (χ3n) is 4.39. The van der Waals surface area contributed by atoms with Crippen LogP contribution in [0.15, 0.2) is 18.2 Å². The molecule has 0 heterocycles. The van der Waals surface area contributed by atoms with Gasteiger partial charge in [-0.05, 0) is 49.3 Å². The molecule has 1 fully saturated rings. The molecule has 0 aromatic heterocycles. The second-order valence-corrected chi connectivity index (χ2v) is 6.32. The standard InChI is InChI=1S/C17H23NO3/c1-12-5-6-13(2)14(9-12)18-15(19)10-17(11-16(20)21)7-3-4-8-17/h5-6,9H,3-4,7-8,10-11H2,1-2H3,(H,18,19)(H,20,21). The topological polar surface area (TPSA) is 66.4 Å². The van der Waals surface area contributed by atoms with E-state index in [0.29, 0.717) is 6.42 Å². The van der Waals surface area contributed by atoms with E-state index in [0.717, 1.165) is 42.5 Å². The van der Waals surface area contributed by atoms with Gasteiger partial charge < -0.3 is 10.4 Å². The maximum atomic E-state index is 12.3. The average molecular weight is 289 g/mol. The Morgan fingerprint density at radius 2 is 1.86 bits per heavy atom. The quantitative estimate of drug-likeness (QED) is 0.869. The van der Waals surface area contributed by atoms with Crippen LogP contribution < -0.4 is 5.32 Å². The molecule has 4 nitrogen and oxygen atoms in total. The molecule has 1 amide bonds. The molecular formula is C17H23NO3. The van der Waals surface area contributed by atoms with E-state index in [2.05, 4.69) is 5.32 Å². The Hall–Kier alpha value is -1.84. The van der Waals surface area contributed by atoms with Crippen molar-refractivity contribution >= 4 is 17.6 Å². The lowest BCUT2D eigenvalue weighted by Crippen LogP contribution is -2.27. The second kappa shape index (κ2) is 6.29. The summed E-state index contributed by atoms with van der Waals surface area (Å²) in [6.07, 6.45) is 4.09. The van der Waals surface area contributed by atoms with E-state index < -0.39 is 5.97 Å². The van der Waals surface area contributed by atoms with Gasteiger partial charge in [-0.3, -0.25) is 9.59 Å². The van der Waals surface area contributed by atoms with Crippen LogP contribution in [0.3, 0.4) is 0 Å². The number of aryl methyl sites for hydroxylation is 2. The highest BCUT2D eigenvalue weighted by Gasteiger charge is 2.38. The van der Waals surface area contributed by atoms with Gasteiger partial charge in [0.2, 0.25) is 5.91 Å². The first-order valence-electron chi connectivity index (χ1n) is 7.49. The van der Waals surface area contributed by atoms with Crippen molar-refractivity contribution in [2.45, 2.75) is 52.4 Å². The number of carboxylic acids is 1. The highest BCUT2D eigenvalue weighted by Crippen LogP contribution is 2.44. The second-order valence-electron chi connectivity index (χ2n) is 6.32. The summed E-state index contributed by atoms with van der Waals surface area (Å²) < 4.78 is 0. The molecule has 0 atom stereocenters. The summed E-state index contributed by atoms with van der Waals surface area (Å²) in [6, 6.07) is 5.94. The van der Waals surface area contributed by atoms with Crippen LogP contribution in [0.1, 0.15) is 49.7 Å². The zero-order valence-corrected chi connectivity index (χ0v) is 12.7. The van der Waals surface area contributed by atoms with Crippen molar-refractivity contribution in [3.8, 4) is 0 Å². The van der Waals surface area contributed by atoms with Gasteiger partial charge in [-0.25, -0.2) is 0 Å². The van der Waals surface area contributed by atoms with Crippen molar-refractivity contribution in [1.29, 1.82) is 0 Å². The fourth-order valence-electron chi connectivity index (χ4n) is 3.27. The summed E-state index contributed by atoms with van der Waals surface area (Å²) in [5.41, 5.74) is 2.58. The Morgan fingerprint density at radius 3 is 2.48 bits per heavy atom. The van der Waals surface area contributed by atoms with Crippen molar-refractivity contribution in [2.24, 2.45) is 5.41 Å². The number of anilines is 1. The number of carbonyl (C=O) groups is 2. The number of amides is 1. The average Bonchev–Trinajstić information content (AvgIpc) is 2.80. The highest BCUT2D eigenvalue weighted by molar-refractivity contribution is 5.92. The number of carbonyl (C=O) groups excluding carboxylic acids is 1. The lowest BCUT2D eigenvalue weighted by atomic mass is 9.79. The molecule has 114 valence electrons. The molecule has 21 heavy (non-hydrogen) atoms. The fourth-order valence-corrected chi connectivity index (χ4v) is 3.27. The van der Waals surface area contributed by atoms with E-state index in [-0.39, 0.29) is 17.7 Å². The number of hydrogen-bond acceptors (Lipinski definition) is 2. The first-order chi connectivity index (χ1) is 9.90. The predicted octanol–water partition coefficient (Wildman–Crippen LogP) is 3.67. The van der Waals surface area contributed by atoms with Gasteiger partial charge in [-0.1, -0.05) is 25.0 Å². The van der Waals surface area contributed by atoms with Crippen LogP contribution in [-0.2, 0) is 9.59 Å². The molecule has 1 aromatic carbocycles. The monoisotopic (exact) mass is 289 g/mol. The van der Waals surface area contributed by atoms with Crippen LogP contribution in [0.4, 0.5) is 5.69 Å². The summed E-state index contributed by atoms with van der Waals surface area (Å²) in [7, 11) is 0. The Balaban J connectivity index is 2.06. The minimum absolute atomic E-state index is 0.0770. The zero-order chi connectivity index (χ0) is 15.5. The number of nitrogens with one attached hydrogen (secondary N) is 1. The third-order valence-corrected chi connectivity index (χ3v) is 4.39. The van der Waals surface area contributed by atoms with Crippen LogP contribution >= 0.6 is 0 Å². The van der Waals surface area contributed by atoms with Crippen molar-refractivity contribution in [1.82, 2.24) is 0 Å². The van der Waals surface area contributed by atoms with Gasteiger partial charge in [0.25, 0.3) is 0 Å². The van der Waals surface area contributed by atoms with Gasteiger partial charge in [0.15, 0.2) is 0 Å². The molecule has 2 N–H and O–H groups in total. The number of benzene rings is 1. The zero-order valence-electron chi connectivity index (χ0n) is 12.7. The van der Waals surface area contributed by atoms with Crippen LogP contribution in [0.25, 0.3) is 0 Å². The van der Waals surface area contributed by atoms with Gasteiger partial charge in [0.1, 0.15) is 0 Å². The number of rotatable bonds is 5. The van der Waals surface area contributed by atoms with Crippen LogP contribution in [0, 0.1) is 19.3 Å². The van der Waals surface area contributed by atoms with E-state index in [1.165, 1.54) is 0 Å². The molecule has 2 rings (SSSR count). The summed E-state index contributed by atoms with van der Waals surface area (Å²) in [5, 5.41) is 12.0. The largest absolute Gasteiger partial charge is 0.481 e. The van der Waals surface area contributed by atoms with Gasteiger partial charge in [-0.15, -0.1) is 0 Å². The van der Waals surface area contributed by atoms with Crippen molar-refractivity contribution in [3.05, 3.63) is 29.3 Å². The number of aliphatic carboxylic acids is 1. The lowest BCUT2D eigenvalue weighted by Gasteiger charge is -2.26. The summed E-state index contributed by atoms with van der Waals surface area (Å²) in [4.78, 5) is 23.4. The lowest BCUT2D eigenvalue weighted by molar-refractivity contribution is -0.140. The Kier molecular flexibility index (Phi) is 4.66. The van der Waals surface area contributed by atoms with Crippen LogP contribution in [0.2, 0.25) is 0 Å². The summed E-state index contributed by atoms with van der Waals surface area (Å²) in [5.74, 6) is -0.886. The number of carboxylic acid groups (broad SMARTS) is 1. The maximum Gasteiger partial charge on any atom is 0.303 e. The van der Waals surface area contributed by atoms with Gasteiger partial charge >= 0.3 is 5.97 Å². The molecule has 1 aliphatic rings. The van der Waals surface area contributed by atoms with Crippen molar-refractivity contribution in [3.63, 3.8) is 0 Å². The number of hydrogen-bond donors (Lipinski definition) is 2. The Bertz CT molecular complexity index is 545. The normalized spacial score (nSPS) is 16.7. The predicted molar refractivity (Wildman–Crippen MR) is 82.3 cm³/mol. The maximum absolute atomic E-state index is 12.3. The SMILES string of the molecule is Cc1ccc(C)c(NC(=O)CC2(CC(=O)O)CCCC2)c1. The Labute approximate surface area is 125 Å². The van der Waals surface area contributed by atoms with Crippen LogP contribution in [0.5, 0.6) is 0 Å². The minimum Gasteiger partial charge on any atom is -0.481 e. The third kappa shape index (κ3) is 4.06. The molecular weight excluding hydrogens is 266 g/mol. The van der Waals surface area contributed by atoms with E-state index in [4.69, 9.17) is 5.11 Å². The molecule has 4 heteroatoms. The first kappa shape index (κ1) is 15.5.